The summed E-state index contributed by atoms with van der Waals surface area (Å²) in [6.45, 7) is 13.2. The van der Waals surface area contributed by atoms with Crippen molar-refractivity contribution in [3.8, 4) is 0 Å². The first-order valence-electron chi connectivity index (χ1n) is 8.33. The molecule has 4 rings (SSSR count). The highest BCUT2D eigenvalue weighted by Gasteiger charge is 2.64. The Bertz CT molecular complexity index is 360. The van der Waals surface area contributed by atoms with Crippen LogP contribution >= 0.6 is 0 Å². The Hall–Kier alpha value is -0.0400. The molecule has 0 amide bonds. The van der Waals surface area contributed by atoms with Crippen LogP contribution in [0.5, 0.6) is 0 Å². The number of hydrogen-bond acceptors (Lipinski definition) is 1. The molecule has 2 unspecified atom stereocenters. The first-order chi connectivity index (χ1) is 8.63. The molecular formula is C18H33N. The molecule has 0 saturated heterocycles. The second-order valence-electron chi connectivity index (χ2n) is 9.86. The molecule has 4 bridgehead atoms. The minimum absolute atomic E-state index is 0.321. The van der Waals surface area contributed by atoms with Crippen LogP contribution in [0.3, 0.4) is 0 Å². The summed E-state index contributed by atoms with van der Waals surface area (Å²) in [4.78, 5) is 0. The van der Waals surface area contributed by atoms with E-state index in [2.05, 4.69) is 34.6 Å². The summed E-state index contributed by atoms with van der Waals surface area (Å²) in [6, 6.07) is 0. The van der Waals surface area contributed by atoms with Gasteiger partial charge in [0.15, 0.2) is 0 Å². The fraction of sp³-hybridized carbons (Fsp3) is 1.00. The van der Waals surface area contributed by atoms with E-state index in [4.69, 9.17) is 5.73 Å². The minimum atomic E-state index is 0.321. The minimum Gasteiger partial charge on any atom is -0.330 e. The van der Waals surface area contributed by atoms with E-state index in [1.165, 1.54) is 38.5 Å². The molecule has 0 radical (unpaired) electrons. The predicted octanol–water partition coefficient (Wildman–Crippen LogP) is 4.60. The van der Waals surface area contributed by atoms with Crippen LogP contribution in [0.25, 0.3) is 0 Å². The average Bonchev–Trinajstić information content (AvgIpc) is 2.25. The molecule has 0 aromatic heterocycles. The molecule has 0 heterocycles. The smallest absolute Gasteiger partial charge is 0.00205 e. The quantitative estimate of drug-likeness (QED) is 0.774. The number of nitrogens with two attached hydrogens (primary N) is 1. The standard InChI is InChI=1S/C18H33N/c1-15(2,3)17-7-13-6-14(8-17)10-18(9-13,11-17)16(4,5)12-19/h13-14H,6-12,19H2,1-5H3. The third-order valence-electron chi connectivity index (χ3n) is 7.60. The summed E-state index contributed by atoms with van der Waals surface area (Å²) in [5, 5.41) is 0. The monoisotopic (exact) mass is 263 g/mol. The lowest BCUT2D eigenvalue weighted by atomic mass is 9.35. The molecule has 1 heteroatoms. The SMILES string of the molecule is CC(C)(C)C12CC3CC(C1)CC(C(C)(C)CN)(C3)C2. The van der Waals surface area contributed by atoms with Crippen molar-refractivity contribution in [2.24, 2.45) is 39.2 Å². The third-order valence-corrected chi connectivity index (χ3v) is 7.60. The lowest BCUT2D eigenvalue weighted by Gasteiger charge is -2.69. The highest BCUT2D eigenvalue weighted by Crippen LogP contribution is 2.73. The van der Waals surface area contributed by atoms with Gasteiger partial charge in [-0.05, 0) is 78.6 Å². The van der Waals surface area contributed by atoms with Crippen molar-refractivity contribution in [3.05, 3.63) is 0 Å². The number of rotatable bonds is 2. The number of hydrogen-bond donors (Lipinski definition) is 1. The van der Waals surface area contributed by atoms with Crippen LogP contribution in [0.4, 0.5) is 0 Å². The molecule has 0 aromatic rings. The summed E-state index contributed by atoms with van der Waals surface area (Å²) < 4.78 is 0. The van der Waals surface area contributed by atoms with Crippen molar-refractivity contribution in [1.82, 2.24) is 0 Å². The fourth-order valence-corrected chi connectivity index (χ4v) is 6.15. The Morgan fingerprint density at radius 3 is 1.79 bits per heavy atom. The molecular weight excluding hydrogens is 230 g/mol. The van der Waals surface area contributed by atoms with Crippen LogP contribution in [-0.4, -0.2) is 6.54 Å². The maximum atomic E-state index is 6.18. The van der Waals surface area contributed by atoms with Crippen LogP contribution in [0.2, 0.25) is 0 Å². The zero-order valence-electron chi connectivity index (χ0n) is 13.7. The van der Waals surface area contributed by atoms with Crippen molar-refractivity contribution in [2.45, 2.75) is 73.1 Å². The Labute approximate surface area is 119 Å². The Morgan fingerprint density at radius 1 is 0.895 bits per heavy atom. The van der Waals surface area contributed by atoms with Gasteiger partial charge in [0.25, 0.3) is 0 Å². The van der Waals surface area contributed by atoms with Crippen LogP contribution < -0.4 is 5.73 Å². The van der Waals surface area contributed by atoms with Crippen LogP contribution in [0.1, 0.15) is 73.1 Å². The Kier molecular flexibility index (Phi) is 2.77. The lowest BCUT2D eigenvalue weighted by molar-refractivity contribution is -0.193. The summed E-state index contributed by atoms with van der Waals surface area (Å²) in [5.41, 5.74) is 8.10. The fourth-order valence-electron chi connectivity index (χ4n) is 6.15. The zero-order valence-corrected chi connectivity index (χ0v) is 13.7. The van der Waals surface area contributed by atoms with Gasteiger partial charge in [-0.1, -0.05) is 34.6 Å². The van der Waals surface area contributed by atoms with E-state index >= 15 is 0 Å². The first kappa shape index (κ1) is 13.9. The molecule has 0 aliphatic heterocycles. The molecule has 4 fully saturated rings. The van der Waals surface area contributed by atoms with Crippen molar-refractivity contribution in [2.75, 3.05) is 6.54 Å². The molecule has 0 aromatic carbocycles. The maximum Gasteiger partial charge on any atom is -0.00205 e. The van der Waals surface area contributed by atoms with E-state index in [0.717, 1.165) is 18.4 Å². The Morgan fingerprint density at radius 2 is 1.37 bits per heavy atom. The topological polar surface area (TPSA) is 26.0 Å². The van der Waals surface area contributed by atoms with Gasteiger partial charge in [0.05, 0.1) is 0 Å². The van der Waals surface area contributed by atoms with Gasteiger partial charge in [-0.3, -0.25) is 0 Å². The summed E-state index contributed by atoms with van der Waals surface area (Å²) >= 11 is 0. The molecule has 110 valence electrons. The van der Waals surface area contributed by atoms with Crippen LogP contribution in [-0.2, 0) is 0 Å². The zero-order chi connectivity index (χ0) is 14.1. The molecule has 4 saturated carbocycles. The molecule has 0 spiro atoms. The van der Waals surface area contributed by atoms with E-state index in [0.29, 0.717) is 21.7 Å². The second kappa shape index (κ2) is 3.78. The average molecular weight is 263 g/mol. The van der Waals surface area contributed by atoms with Crippen molar-refractivity contribution < 1.29 is 0 Å². The van der Waals surface area contributed by atoms with Crippen molar-refractivity contribution in [3.63, 3.8) is 0 Å². The van der Waals surface area contributed by atoms with E-state index in [1.54, 1.807) is 0 Å². The third kappa shape index (κ3) is 1.76. The van der Waals surface area contributed by atoms with E-state index in [9.17, 15) is 0 Å². The first-order valence-corrected chi connectivity index (χ1v) is 8.33. The van der Waals surface area contributed by atoms with Gasteiger partial charge >= 0.3 is 0 Å². The van der Waals surface area contributed by atoms with Gasteiger partial charge in [0, 0.05) is 0 Å². The molecule has 4 aliphatic carbocycles. The van der Waals surface area contributed by atoms with Crippen LogP contribution in [0, 0.1) is 33.5 Å². The van der Waals surface area contributed by atoms with Gasteiger partial charge in [-0.2, -0.15) is 0 Å². The van der Waals surface area contributed by atoms with E-state index < -0.39 is 0 Å². The van der Waals surface area contributed by atoms with Crippen molar-refractivity contribution in [1.29, 1.82) is 0 Å². The predicted molar refractivity (Wildman–Crippen MR) is 81.8 cm³/mol. The van der Waals surface area contributed by atoms with Gasteiger partial charge in [0.1, 0.15) is 0 Å². The largest absolute Gasteiger partial charge is 0.330 e. The van der Waals surface area contributed by atoms with Gasteiger partial charge < -0.3 is 5.73 Å². The summed E-state index contributed by atoms with van der Waals surface area (Å²) in [7, 11) is 0. The Balaban J connectivity index is 2.03. The van der Waals surface area contributed by atoms with Crippen molar-refractivity contribution >= 4 is 0 Å². The molecule has 2 N–H and O–H groups in total. The van der Waals surface area contributed by atoms with E-state index in [-0.39, 0.29) is 0 Å². The highest BCUT2D eigenvalue weighted by atomic mass is 14.7. The molecule has 19 heavy (non-hydrogen) atoms. The molecule has 1 nitrogen and oxygen atoms in total. The molecule has 2 atom stereocenters. The second-order valence-corrected chi connectivity index (χ2v) is 9.86. The van der Waals surface area contributed by atoms with Gasteiger partial charge in [0.2, 0.25) is 0 Å². The summed E-state index contributed by atoms with van der Waals surface area (Å²) in [5.74, 6) is 1.98. The van der Waals surface area contributed by atoms with Gasteiger partial charge in [-0.15, -0.1) is 0 Å². The summed E-state index contributed by atoms with van der Waals surface area (Å²) in [6.07, 6.45) is 8.88. The van der Waals surface area contributed by atoms with Crippen LogP contribution in [0.15, 0.2) is 0 Å². The lowest BCUT2D eigenvalue weighted by Crippen LogP contribution is -2.61. The molecule has 4 aliphatic rings. The highest BCUT2D eigenvalue weighted by molar-refractivity contribution is 5.14. The normalized spacial score (nSPS) is 45.8. The maximum absolute atomic E-state index is 6.18. The van der Waals surface area contributed by atoms with E-state index in [1.807, 2.05) is 0 Å². The van der Waals surface area contributed by atoms with Gasteiger partial charge in [-0.25, -0.2) is 0 Å².